The van der Waals surface area contributed by atoms with Crippen LogP contribution in [-0.2, 0) is 16.4 Å². The fourth-order valence-corrected chi connectivity index (χ4v) is 2.34. The Kier molecular flexibility index (Phi) is 2.79. The summed E-state index contributed by atoms with van der Waals surface area (Å²) in [6.45, 7) is 1.80. The third kappa shape index (κ3) is 2.37. The fraction of sp³-hybridized carbons (Fsp3) is 0.308. The predicted molar refractivity (Wildman–Crippen MR) is 69.7 cm³/mol. The Labute approximate surface area is 117 Å². The highest BCUT2D eigenvalue weighted by Gasteiger charge is 2.35. The molecule has 1 amide bonds. The van der Waals surface area contributed by atoms with Crippen LogP contribution < -0.4 is 5.43 Å². The maximum atomic E-state index is 12.6. The highest BCUT2D eigenvalue weighted by Crippen LogP contribution is 2.32. The SMILES string of the molecule is CC1(c2ccc3nc(C(F)(F)F)[nH]c3c2)C=NNC(=O)C1. The molecule has 1 atom stereocenters. The van der Waals surface area contributed by atoms with E-state index in [0.717, 1.165) is 0 Å². The number of nitrogens with zero attached hydrogens (tertiary/aromatic N) is 2. The van der Waals surface area contributed by atoms with Crippen LogP contribution >= 0.6 is 0 Å². The molecule has 0 fully saturated rings. The van der Waals surface area contributed by atoms with Gasteiger partial charge in [0.2, 0.25) is 11.7 Å². The van der Waals surface area contributed by atoms with Gasteiger partial charge in [-0.2, -0.15) is 18.3 Å². The summed E-state index contributed by atoms with van der Waals surface area (Å²) in [7, 11) is 0. The van der Waals surface area contributed by atoms with Gasteiger partial charge in [-0.25, -0.2) is 10.4 Å². The number of hydrogen-bond acceptors (Lipinski definition) is 3. The molecule has 0 spiro atoms. The van der Waals surface area contributed by atoms with Gasteiger partial charge in [0.25, 0.3) is 0 Å². The lowest BCUT2D eigenvalue weighted by Gasteiger charge is -2.27. The summed E-state index contributed by atoms with van der Waals surface area (Å²) < 4.78 is 37.9. The van der Waals surface area contributed by atoms with Gasteiger partial charge < -0.3 is 4.98 Å². The van der Waals surface area contributed by atoms with E-state index >= 15 is 0 Å². The zero-order chi connectivity index (χ0) is 15.3. The minimum atomic E-state index is -4.52. The molecule has 0 saturated carbocycles. The number of aromatic amines is 1. The highest BCUT2D eigenvalue weighted by molar-refractivity contribution is 5.90. The van der Waals surface area contributed by atoms with E-state index in [1.54, 1.807) is 25.3 Å². The molecule has 5 nitrogen and oxygen atoms in total. The van der Waals surface area contributed by atoms with Crippen LogP contribution in [0.15, 0.2) is 23.3 Å². The van der Waals surface area contributed by atoms with Gasteiger partial charge in [-0.3, -0.25) is 4.79 Å². The summed E-state index contributed by atoms with van der Waals surface area (Å²) in [5.74, 6) is -1.27. The number of alkyl halides is 3. The van der Waals surface area contributed by atoms with E-state index in [1.807, 2.05) is 0 Å². The highest BCUT2D eigenvalue weighted by atomic mass is 19.4. The molecule has 0 saturated heterocycles. The Hall–Kier alpha value is -2.38. The van der Waals surface area contributed by atoms with E-state index in [1.165, 1.54) is 6.07 Å². The number of fused-ring (bicyclic) bond motifs is 1. The number of hydrazone groups is 1. The van der Waals surface area contributed by atoms with E-state index in [4.69, 9.17) is 0 Å². The third-order valence-corrected chi connectivity index (χ3v) is 3.48. The maximum absolute atomic E-state index is 12.6. The zero-order valence-corrected chi connectivity index (χ0v) is 11.0. The second kappa shape index (κ2) is 4.31. The lowest BCUT2D eigenvalue weighted by Crippen LogP contribution is -2.37. The van der Waals surface area contributed by atoms with Crippen molar-refractivity contribution in [2.24, 2.45) is 5.10 Å². The number of amides is 1. The molecule has 0 bridgehead atoms. The Bertz CT molecular complexity index is 749. The summed E-state index contributed by atoms with van der Waals surface area (Å²) in [4.78, 5) is 17.2. The van der Waals surface area contributed by atoms with Gasteiger partial charge in [-0.1, -0.05) is 6.07 Å². The van der Waals surface area contributed by atoms with Crippen molar-refractivity contribution in [3.05, 3.63) is 29.6 Å². The maximum Gasteiger partial charge on any atom is 0.449 e. The van der Waals surface area contributed by atoms with Crippen LogP contribution in [0.2, 0.25) is 0 Å². The molecule has 2 N–H and O–H groups in total. The predicted octanol–water partition coefficient (Wildman–Crippen LogP) is 2.35. The summed E-state index contributed by atoms with van der Waals surface area (Å²) >= 11 is 0. The molecule has 2 heterocycles. The molecule has 0 aliphatic carbocycles. The van der Waals surface area contributed by atoms with Crippen LogP contribution in [0, 0.1) is 0 Å². The summed E-state index contributed by atoms with van der Waals surface area (Å²) in [5.41, 5.74) is 2.88. The van der Waals surface area contributed by atoms with Crippen LogP contribution in [-0.4, -0.2) is 22.1 Å². The molecule has 3 rings (SSSR count). The number of carbonyl (C=O) groups excluding carboxylic acids is 1. The van der Waals surface area contributed by atoms with Crippen molar-refractivity contribution in [1.29, 1.82) is 0 Å². The first-order valence-electron chi connectivity index (χ1n) is 6.18. The summed E-state index contributed by atoms with van der Waals surface area (Å²) in [6.07, 6.45) is -2.76. The number of rotatable bonds is 1. The van der Waals surface area contributed by atoms with Gasteiger partial charge in [0, 0.05) is 18.1 Å². The molecule has 1 aliphatic heterocycles. The van der Waals surface area contributed by atoms with Crippen LogP contribution in [0.1, 0.15) is 24.7 Å². The molecule has 0 radical (unpaired) electrons. The van der Waals surface area contributed by atoms with Crippen molar-refractivity contribution in [2.45, 2.75) is 24.9 Å². The molecular weight excluding hydrogens is 285 g/mol. The number of halogens is 3. The summed E-state index contributed by atoms with van der Waals surface area (Å²) in [5, 5.41) is 3.78. The first kappa shape index (κ1) is 13.6. The lowest BCUT2D eigenvalue weighted by atomic mass is 9.79. The lowest BCUT2D eigenvalue weighted by molar-refractivity contribution is -0.144. The zero-order valence-electron chi connectivity index (χ0n) is 11.0. The molecule has 110 valence electrons. The average Bonchev–Trinajstić information content (AvgIpc) is 2.81. The van der Waals surface area contributed by atoms with Gasteiger partial charge in [0.15, 0.2) is 0 Å². The molecule has 8 heteroatoms. The number of aromatic nitrogens is 2. The first-order chi connectivity index (χ1) is 9.78. The monoisotopic (exact) mass is 296 g/mol. The molecule has 1 aromatic heterocycles. The van der Waals surface area contributed by atoms with E-state index in [9.17, 15) is 18.0 Å². The largest absolute Gasteiger partial charge is 0.449 e. The second-order valence-corrected chi connectivity index (χ2v) is 5.20. The van der Waals surface area contributed by atoms with E-state index in [0.29, 0.717) is 5.56 Å². The molecule has 1 aromatic carbocycles. The number of benzene rings is 1. The van der Waals surface area contributed by atoms with Crippen molar-refractivity contribution in [3.8, 4) is 0 Å². The van der Waals surface area contributed by atoms with Gasteiger partial charge in [0.1, 0.15) is 0 Å². The van der Waals surface area contributed by atoms with Crippen molar-refractivity contribution in [1.82, 2.24) is 15.4 Å². The number of imidazole rings is 1. The topological polar surface area (TPSA) is 70.1 Å². The van der Waals surface area contributed by atoms with Crippen molar-refractivity contribution in [3.63, 3.8) is 0 Å². The van der Waals surface area contributed by atoms with Crippen LogP contribution in [0.4, 0.5) is 13.2 Å². The van der Waals surface area contributed by atoms with Crippen LogP contribution in [0.5, 0.6) is 0 Å². The Morgan fingerprint density at radius 3 is 2.76 bits per heavy atom. The first-order valence-corrected chi connectivity index (χ1v) is 6.18. The van der Waals surface area contributed by atoms with E-state index in [-0.39, 0.29) is 23.4 Å². The number of hydrogen-bond donors (Lipinski definition) is 2. The summed E-state index contributed by atoms with van der Waals surface area (Å²) in [6, 6.07) is 4.73. The molecular formula is C13H11F3N4O. The number of H-pyrrole nitrogens is 1. The number of carbonyl (C=O) groups is 1. The van der Waals surface area contributed by atoms with Gasteiger partial charge >= 0.3 is 6.18 Å². The minimum Gasteiger partial charge on any atom is -0.334 e. The number of nitrogens with one attached hydrogen (secondary N) is 2. The smallest absolute Gasteiger partial charge is 0.334 e. The Morgan fingerprint density at radius 1 is 1.33 bits per heavy atom. The van der Waals surface area contributed by atoms with Crippen molar-refractivity contribution in [2.75, 3.05) is 0 Å². The quantitative estimate of drug-likeness (QED) is 0.848. The average molecular weight is 296 g/mol. The molecule has 1 unspecified atom stereocenters. The van der Waals surface area contributed by atoms with E-state index in [2.05, 4.69) is 20.5 Å². The normalized spacial score (nSPS) is 22.6. The van der Waals surface area contributed by atoms with Gasteiger partial charge in [-0.05, 0) is 24.6 Å². The Balaban J connectivity index is 2.07. The molecule has 1 aliphatic rings. The van der Waals surface area contributed by atoms with Gasteiger partial charge in [-0.15, -0.1) is 0 Å². The Morgan fingerprint density at radius 2 is 2.10 bits per heavy atom. The van der Waals surface area contributed by atoms with E-state index < -0.39 is 17.4 Å². The fourth-order valence-electron chi connectivity index (χ4n) is 2.34. The van der Waals surface area contributed by atoms with Crippen LogP contribution in [0.25, 0.3) is 11.0 Å². The van der Waals surface area contributed by atoms with Crippen molar-refractivity contribution < 1.29 is 18.0 Å². The minimum absolute atomic E-state index is 0.183. The molecule has 21 heavy (non-hydrogen) atoms. The van der Waals surface area contributed by atoms with Crippen LogP contribution in [0.3, 0.4) is 0 Å². The molecule has 2 aromatic rings. The standard InChI is InChI=1S/C13H11F3N4O/c1-12(5-10(21)20-17-6-12)7-2-3-8-9(4-7)19-11(18-8)13(14,15)16/h2-4,6H,5H2,1H3,(H,18,19)(H,20,21). The third-order valence-electron chi connectivity index (χ3n) is 3.48. The second-order valence-electron chi connectivity index (χ2n) is 5.20. The van der Waals surface area contributed by atoms with Gasteiger partial charge in [0.05, 0.1) is 11.0 Å². The van der Waals surface area contributed by atoms with Crippen molar-refractivity contribution >= 4 is 23.2 Å².